The van der Waals surface area contributed by atoms with Gasteiger partial charge in [-0.25, -0.2) is 14.4 Å². The molecule has 4 N–H and O–H groups in total. The van der Waals surface area contributed by atoms with Crippen molar-refractivity contribution >= 4 is 50.2 Å². The van der Waals surface area contributed by atoms with Crippen LogP contribution in [0.3, 0.4) is 0 Å². The Morgan fingerprint density at radius 3 is 2.81 bits per heavy atom. The van der Waals surface area contributed by atoms with Gasteiger partial charge in [0.1, 0.15) is 11.6 Å². The summed E-state index contributed by atoms with van der Waals surface area (Å²) >= 11 is 1.41. The summed E-state index contributed by atoms with van der Waals surface area (Å²) < 4.78 is 13.9. The monoisotopic (exact) mass is 377 g/mol. The van der Waals surface area contributed by atoms with Crippen molar-refractivity contribution in [3.05, 3.63) is 65.0 Å². The van der Waals surface area contributed by atoms with E-state index in [2.05, 4.69) is 19.9 Å². The van der Waals surface area contributed by atoms with E-state index in [0.29, 0.717) is 32.6 Å². The highest BCUT2D eigenvalue weighted by Crippen LogP contribution is 2.35. The van der Waals surface area contributed by atoms with Gasteiger partial charge in [-0.2, -0.15) is 0 Å². The van der Waals surface area contributed by atoms with Crippen molar-refractivity contribution in [1.29, 1.82) is 0 Å². The summed E-state index contributed by atoms with van der Waals surface area (Å²) in [6, 6.07) is 9.79. The van der Waals surface area contributed by atoms with Crippen LogP contribution in [0.4, 0.5) is 10.2 Å². The summed E-state index contributed by atoms with van der Waals surface area (Å²) in [4.78, 5) is 27.9. The molecule has 0 saturated heterocycles. The third kappa shape index (κ3) is 2.53. The zero-order valence-corrected chi connectivity index (χ0v) is 14.6. The van der Waals surface area contributed by atoms with Crippen LogP contribution in [0.2, 0.25) is 0 Å². The quantitative estimate of drug-likeness (QED) is 0.406. The third-order valence-corrected chi connectivity index (χ3v) is 5.26. The van der Waals surface area contributed by atoms with Crippen molar-refractivity contribution in [3.63, 3.8) is 0 Å². The van der Waals surface area contributed by atoms with E-state index in [1.54, 1.807) is 30.6 Å². The van der Waals surface area contributed by atoms with Gasteiger partial charge in [0.05, 0.1) is 16.4 Å². The molecule has 0 aliphatic rings. The number of aromatic amines is 2. The molecule has 0 spiro atoms. The normalized spacial score (nSPS) is 11.6. The molecule has 0 radical (unpaired) electrons. The van der Waals surface area contributed by atoms with Gasteiger partial charge in [0, 0.05) is 33.4 Å². The molecule has 3 aromatic heterocycles. The summed E-state index contributed by atoms with van der Waals surface area (Å²) in [6.07, 6.45) is 3.20. The number of rotatable bonds is 2. The molecule has 0 aliphatic heterocycles. The second kappa shape index (κ2) is 5.82. The zero-order chi connectivity index (χ0) is 18.5. The highest BCUT2D eigenvalue weighted by molar-refractivity contribution is 7.99. The van der Waals surface area contributed by atoms with Gasteiger partial charge in [-0.1, -0.05) is 11.8 Å². The Kier molecular flexibility index (Phi) is 3.41. The number of hydrogen-bond donors (Lipinski definition) is 3. The van der Waals surface area contributed by atoms with Crippen LogP contribution in [0.15, 0.2) is 63.6 Å². The van der Waals surface area contributed by atoms with Crippen molar-refractivity contribution in [2.24, 2.45) is 0 Å². The van der Waals surface area contributed by atoms with Crippen molar-refractivity contribution in [2.45, 2.75) is 10.1 Å². The fraction of sp³-hybridized carbons (Fsp3) is 0. The maximum absolute atomic E-state index is 13.9. The molecule has 0 atom stereocenters. The number of halogens is 1. The number of fused-ring (bicyclic) bond motifs is 6. The Hall–Kier alpha value is -3.39. The molecule has 5 rings (SSSR count). The van der Waals surface area contributed by atoms with Crippen LogP contribution in [0, 0.1) is 5.82 Å². The Balaban J connectivity index is 1.84. The maximum Gasteiger partial charge on any atom is 0.256 e. The number of aromatic nitrogens is 4. The summed E-state index contributed by atoms with van der Waals surface area (Å²) in [6.45, 7) is 0. The lowest BCUT2D eigenvalue weighted by molar-refractivity contribution is 0.630. The van der Waals surface area contributed by atoms with E-state index in [1.807, 2.05) is 6.07 Å². The van der Waals surface area contributed by atoms with Gasteiger partial charge < -0.3 is 15.7 Å². The summed E-state index contributed by atoms with van der Waals surface area (Å²) in [5.41, 5.74) is 6.89. The summed E-state index contributed by atoms with van der Waals surface area (Å²) in [5.74, 6) is 0.0294. The van der Waals surface area contributed by atoms with Gasteiger partial charge in [-0.05, 0) is 36.4 Å². The molecule has 132 valence electrons. The standard InChI is InChI=1S/C19H12FN5OS/c20-9-1-2-11-13(7-9)15-12(4-6-23-18(15)26)17-16(11)24-19(25-17)27-10-3-5-22-14(21)8-10/h1-8H,(H2,21,22)(H,23,26)(H,24,25). The van der Waals surface area contributed by atoms with Gasteiger partial charge in [0.2, 0.25) is 0 Å². The van der Waals surface area contributed by atoms with E-state index < -0.39 is 5.82 Å². The first-order valence-corrected chi connectivity index (χ1v) is 8.93. The van der Waals surface area contributed by atoms with Crippen LogP contribution in [0.5, 0.6) is 0 Å². The van der Waals surface area contributed by atoms with Crippen LogP contribution in [-0.4, -0.2) is 19.9 Å². The third-order valence-electron chi connectivity index (χ3n) is 4.39. The van der Waals surface area contributed by atoms with Crippen LogP contribution in [0.25, 0.3) is 32.6 Å². The predicted octanol–water partition coefficient (Wildman–Crippen LogP) is 3.83. The summed E-state index contributed by atoms with van der Waals surface area (Å²) in [5, 5.41) is 3.03. The minimum Gasteiger partial charge on any atom is -0.384 e. The highest BCUT2D eigenvalue weighted by Gasteiger charge is 2.16. The van der Waals surface area contributed by atoms with Gasteiger partial charge in [-0.15, -0.1) is 0 Å². The number of benzene rings is 2. The van der Waals surface area contributed by atoms with E-state index in [0.717, 1.165) is 15.8 Å². The van der Waals surface area contributed by atoms with Crippen molar-refractivity contribution in [1.82, 2.24) is 19.9 Å². The number of hydrogen-bond acceptors (Lipinski definition) is 5. The SMILES string of the molecule is Nc1cc(Sc2nc3c4cc[nH]c(=O)c4c4cc(F)ccc4c3[nH]2)ccn1. The van der Waals surface area contributed by atoms with Gasteiger partial charge in [0.15, 0.2) is 5.16 Å². The molecule has 0 aliphatic carbocycles. The van der Waals surface area contributed by atoms with Gasteiger partial charge >= 0.3 is 0 Å². The Morgan fingerprint density at radius 2 is 1.96 bits per heavy atom. The van der Waals surface area contributed by atoms with E-state index in [4.69, 9.17) is 5.73 Å². The van der Waals surface area contributed by atoms with Gasteiger partial charge in [0.25, 0.3) is 5.56 Å². The second-order valence-corrected chi connectivity index (χ2v) is 7.13. The van der Waals surface area contributed by atoms with Crippen LogP contribution in [0.1, 0.15) is 0 Å². The molecule has 0 saturated carbocycles. The lowest BCUT2D eigenvalue weighted by atomic mass is 10.0. The molecule has 8 heteroatoms. The average molecular weight is 377 g/mol. The predicted molar refractivity (Wildman–Crippen MR) is 104 cm³/mol. The van der Waals surface area contributed by atoms with Crippen LogP contribution < -0.4 is 11.3 Å². The molecule has 2 aromatic carbocycles. The second-order valence-electron chi connectivity index (χ2n) is 6.07. The molecule has 0 bridgehead atoms. The number of nitrogen functional groups attached to an aromatic ring is 1. The number of H-pyrrole nitrogens is 2. The molecule has 0 fully saturated rings. The molecular weight excluding hydrogens is 365 g/mol. The first kappa shape index (κ1) is 15.8. The van der Waals surface area contributed by atoms with Crippen LogP contribution in [-0.2, 0) is 0 Å². The molecule has 5 aromatic rings. The highest BCUT2D eigenvalue weighted by atomic mass is 32.2. The molecule has 0 amide bonds. The Morgan fingerprint density at radius 1 is 1.07 bits per heavy atom. The van der Waals surface area contributed by atoms with E-state index in [9.17, 15) is 9.18 Å². The molecule has 3 heterocycles. The molecule has 0 unspecified atom stereocenters. The van der Waals surface area contributed by atoms with Crippen molar-refractivity contribution < 1.29 is 4.39 Å². The Labute approximate surface area is 155 Å². The largest absolute Gasteiger partial charge is 0.384 e. The van der Waals surface area contributed by atoms with E-state index in [-0.39, 0.29) is 5.56 Å². The van der Waals surface area contributed by atoms with Gasteiger partial charge in [-0.3, -0.25) is 4.79 Å². The molecule has 27 heavy (non-hydrogen) atoms. The number of nitrogens with two attached hydrogens (primary N) is 1. The van der Waals surface area contributed by atoms with E-state index >= 15 is 0 Å². The number of imidazole rings is 1. The average Bonchev–Trinajstić information content (AvgIpc) is 3.05. The number of nitrogens with one attached hydrogen (secondary N) is 2. The zero-order valence-electron chi connectivity index (χ0n) is 13.8. The van der Waals surface area contributed by atoms with E-state index in [1.165, 1.54) is 23.9 Å². The fourth-order valence-corrected chi connectivity index (χ4v) is 4.10. The first-order chi connectivity index (χ1) is 13.1. The minimum absolute atomic E-state index is 0.274. The first-order valence-electron chi connectivity index (χ1n) is 8.12. The fourth-order valence-electron chi connectivity index (χ4n) is 3.28. The lowest BCUT2D eigenvalue weighted by Crippen LogP contribution is -2.05. The number of anilines is 1. The lowest BCUT2D eigenvalue weighted by Gasteiger charge is -2.05. The minimum atomic E-state index is -0.396. The van der Waals surface area contributed by atoms with Crippen LogP contribution >= 0.6 is 11.8 Å². The van der Waals surface area contributed by atoms with Crippen molar-refractivity contribution in [3.8, 4) is 0 Å². The number of pyridine rings is 2. The molecule has 6 nitrogen and oxygen atoms in total. The topological polar surface area (TPSA) is 100 Å². The van der Waals surface area contributed by atoms with Crippen molar-refractivity contribution in [2.75, 3.05) is 5.73 Å². The summed E-state index contributed by atoms with van der Waals surface area (Å²) in [7, 11) is 0. The smallest absolute Gasteiger partial charge is 0.256 e. The molecular formula is C19H12FN5OS. The maximum atomic E-state index is 13.9. The Bertz CT molecular complexity index is 1410. The number of nitrogens with zero attached hydrogens (tertiary/aromatic N) is 2.